The Hall–Kier alpha value is -1.79. The van der Waals surface area contributed by atoms with Crippen molar-refractivity contribution in [1.29, 1.82) is 0 Å². The summed E-state index contributed by atoms with van der Waals surface area (Å²) in [5.74, 6) is 1.17. The van der Waals surface area contributed by atoms with Gasteiger partial charge in [-0.15, -0.1) is 10.2 Å². The van der Waals surface area contributed by atoms with Gasteiger partial charge in [-0.3, -0.25) is 4.79 Å². The Morgan fingerprint density at radius 1 is 1.31 bits per heavy atom. The summed E-state index contributed by atoms with van der Waals surface area (Å²) < 4.78 is 1.88. The molecule has 26 heavy (non-hydrogen) atoms. The number of amides is 1. The predicted octanol–water partition coefficient (Wildman–Crippen LogP) is 4.53. The zero-order valence-corrected chi connectivity index (χ0v) is 16.7. The van der Waals surface area contributed by atoms with Crippen molar-refractivity contribution in [2.45, 2.75) is 37.8 Å². The minimum Gasteiger partial charge on any atom is -0.316 e. The maximum Gasteiger partial charge on any atom is 0.237 e. The Morgan fingerprint density at radius 3 is 2.81 bits per heavy atom. The highest BCUT2D eigenvalue weighted by atomic mass is 35.5. The van der Waals surface area contributed by atoms with Crippen molar-refractivity contribution in [3.63, 3.8) is 0 Å². The van der Waals surface area contributed by atoms with Crippen LogP contribution < -0.4 is 0 Å². The van der Waals surface area contributed by atoms with E-state index >= 15 is 0 Å². The van der Waals surface area contributed by atoms with E-state index in [1.165, 1.54) is 23.9 Å². The fourth-order valence-electron chi connectivity index (χ4n) is 3.13. The van der Waals surface area contributed by atoms with Crippen LogP contribution in [0.1, 0.15) is 32.6 Å². The second-order valence-corrected chi connectivity index (χ2v) is 7.56. The second kappa shape index (κ2) is 8.73. The number of carbonyl (C=O) groups is 1. The molecule has 0 N–H and O–H groups in total. The van der Waals surface area contributed by atoms with Gasteiger partial charge in [0.15, 0.2) is 11.0 Å². The number of hydrogen-bond acceptors (Lipinski definition) is 4. The van der Waals surface area contributed by atoms with Gasteiger partial charge in [-0.05, 0) is 44.7 Å². The Bertz CT molecular complexity index is 818. The predicted molar refractivity (Wildman–Crippen MR) is 106 cm³/mol. The molecule has 5 nitrogen and oxygen atoms in total. The quantitative estimate of drug-likeness (QED) is 0.680. The number of rotatable bonds is 6. The lowest BCUT2D eigenvalue weighted by molar-refractivity contribution is -0.126. The van der Waals surface area contributed by atoms with E-state index in [1.54, 1.807) is 0 Å². The highest BCUT2D eigenvalue weighted by Crippen LogP contribution is 2.29. The number of nitrogens with zero attached hydrogens (tertiary/aromatic N) is 4. The van der Waals surface area contributed by atoms with Crippen LogP contribution in [0.5, 0.6) is 0 Å². The van der Waals surface area contributed by atoms with E-state index in [-0.39, 0.29) is 5.91 Å². The van der Waals surface area contributed by atoms with Crippen LogP contribution in [0.15, 0.2) is 41.2 Å². The number of hydrogen-bond donors (Lipinski definition) is 0. The number of halogens is 1. The number of carbonyl (C=O) groups excluding carboxylic acids is 1. The standard InChI is InChI=1S/C19H23ClN4OS/c1-3-24(14-9-5-4-6-10-14)17(25)13-26-19-22-21-18(23(19)2)15-11-7-8-12-16(15)20/h7-9,11-12H,3-6,10,13H2,1-2H3. The number of benzene rings is 1. The second-order valence-electron chi connectivity index (χ2n) is 6.21. The van der Waals surface area contributed by atoms with Crippen LogP contribution in [0.3, 0.4) is 0 Å². The lowest BCUT2D eigenvalue weighted by Crippen LogP contribution is -2.32. The summed E-state index contributed by atoms with van der Waals surface area (Å²) in [4.78, 5) is 14.6. The topological polar surface area (TPSA) is 51.0 Å². The first kappa shape index (κ1) is 19.0. The summed E-state index contributed by atoms with van der Waals surface area (Å²) in [6.45, 7) is 2.73. The third-order valence-electron chi connectivity index (χ3n) is 4.51. The van der Waals surface area contributed by atoms with Gasteiger partial charge >= 0.3 is 0 Å². The van der Waals surface area contributed by atoms with Gasteiger partial charge in [0, 0.05) is 24.9 Å². The molecule has 0 spiro atoms. The Labute approximate surface area is 163 Å². The van der Waals surface area contributed by atoms with Gasteiger partial charge in [0.2, 0.25) is 5.91 Å². The van der Waals surface area contributed by atoms with Gasteiger partial charge in [-0.1, -0.05) is 41.6 Å². The Balaban J connectivity index is 1.69. The van der Waals surface area contributed by atoms with E-state index in [9.17, 15) is 4.79 Å². The largest absolute Gasteiger partial charge is 0.316 e. The van der Waals surface area contributed by atoms with Crippen LogP contribution in [0, 0.1) is 0 Å². The van der Waals surface area contributed by atoms with Crippen LogP contribution in [0.4, 0.5) is 0 Å². The molecule has 1 aliphatic rings. The van der Waals surface area contributed by atoms with Crippen molar-refractivity contribution in [2.24, 2.45) is 7.05 Å². The molecule has 1 aliphatic carbocycles. The van der Waals surface area contributed by atoms with Gasteiger partial charge in [0.25, 0.3) is 0 Å². The van der Waals surface area contributed by atoms with Crippen molar-refractivity contribution in [3.8, 4) is 11.4 Å². The molecule has 0 fully saturated rings. The Kier molecular flexibility index (Phi) is 6.38. The van der Waals surface area contributed by atoms with Gasteiger partial charge in [-0.2, -0.15) is 0 Å². The monoisotopic (exact) mass is 390 g/mol. The molecule has 0 saturated carbocycles. The number of allylic oxidation sites excluding steroid dienone is 2. The van der Waals surface area contributed by atoms with Crippen LogP contribution >= 0.6 is 23.4 Å². The molecule has 0 radical (unpaired) electrons. The van der Waals surface area contributed by atoms with Gasteiger partial charge < -0.3 is 9.47 Å². The summed E-state index contributed by atoms with van der Waals surface area (Å²) in [5.41, 5.74) is 2.00. The van der Waals surface area contributed by atoms with Crippen LogP contribution in [0.2, 0.25) is 5.02 Å². The summed E-state index contributed by atoms with van der Waals surface area (Å²) in [5, 5.41) is 9.83. The van der Waals surface area contributed by atoms with Crippen LogP contribution in [-0.2, 0) is 11.8 Å². The molecular weight excluding hydrogens is 368 g/mol. The first-order valence-corrected chi connectivity index (χ1v) is 10.2. The third kappa shape index (κ3) is 4.13. The Morgan fingerprint density at radius 2 is 2.12 bits per heavy atom. The molecule has 0 aliphatic heterocycles. The summed E-state index contributed by atoms with van der Waals surface area (Å²) in [6.07, 6.45) is 6.63. The van der Waals surface area contributed by atoms with E-state index in [4.69, 9.17) is 11.6 Å². The zero-order chi connectivity index (χ0) is 18.5. The van der Waals surface area contributed by atoms with Crippen molar-refractivity contribution >= 4 is 29.3 Å². The van der Waals surface area contributed by atoms with Gasteiger partial charge in [0.05, 0.1) is 10.8 Å². The van der Waals surface area contributed by atoms with Crippen molar-refractivity contribution in [1.82, 2.24) is 19.7 Å². The van der Waals surface area contributed by atoms with Crippen molar-refractivity contribution < 1.29 is 4.79 Å². The lowest BCUT2D eigenvalue weighted by Gasteiger charge is -2.26. The molecule has 2 aromatic rings. The third-order valence-corrected chi connectivity index (χ3v) is 5.84. The van der Waals surface area contributed by atoms with E-state index in [0.29, 0.717) is 28.3 Å². The maximum atomic E-state index is 12.7. The van der Waals surface area contributed by atoms with E-state index < -0.39 is 0 Å². The molecule has 0 atom stereocenters. The number of thioether (sulfide) groups is 1. The van der Waals surface area contributed by atoms with E-state index in [2.05, 4.69) is 16.3 Å². The summed E-state index contributed by atoms with van der Waals surface area (Å²) in [7, 11) is 1.90. The lowest BCUT2D eigenvalue weighted by atomic mass is 10.0. The fraction of sp³-hybridized carbons (Fsp3) is 0.421. The van der Waals surface area contributed by atoms with E-state index in [0.717, 1.165) is 24.8 Å². The average molecular weight is 391 g/mol. The molecule has 0 saturated heterocycles. The van der Waals surface area contributed by atoms with Crippen LogP contribution in [-0.4, -0.2) is 37.9 Å². The molecule has 3 rings (SSSR count). The van der Waals surface area contributed by atoms with Crippen LogP contribution in [0.25, 0.3) is 11.4 Å². The normalized spacial score (nSPS) is 14.2. The molecule has 7 heteroatoms. The van der Waals surface area contributed by atoms with E-state index in [1.807, 2.05) is 47.7 Å². The average Bonchev–Trinajstić information content (AvgIpc) is 3.02. The first-order valence-electron chi connectivity index (χ1n) is 8.88. The highest BCUT2D eigenvalue weighted by molar-refractivity contribution is 7.99. The fourth-order valence-corrected chi connectivity index (χ4v) is 4.14. The molecule has 0 unspecified atom stereocenters. The van der Waals surface area contributed by atoms with Crippen molar-refractivity contribution in [2.75, 3.05) is 12.3 Å². The van der Waals surface area contributed by atoms with Gasteiger partial charge in [0.1, 0.15) is 0 Å². The molecule has 0 bridgehead atoms. The molecule has 138 valence electrons. The minimum absolute atomic E-state index is 0.118. The minimum atomic E-state index is 0.118. The molecule has 1 aromatic carbocycles. The first-order chi connectivity index (χ1) is 12.6. The SMILES string of the molecule is CCN(C(=O)CSc1nnc(-c2ccccc2Cl)n1C)C1=CCCCC1. The smallest absolute Gasteiger partial charge is 0.237 e. The summed E-state index contributed by atoms with van der Waals surface area (Å²) in [6, 6.07) is 7.55. The summed E-state index contributed by atoms with van der Waals surface area (Å²) >= 11 is 7.67. The molecule has 1 heterocycles. The zero-order valence-electron chi connectivity index (χ0n) is 15.1. The molecular formula is C19H23ClN4OS. The van der Waals surface area contributed by atoms with Gasteiger partial charge in [-0.25, -0.2) is 0 Å². The molecule has 1 amide bonds. The van der Waals surface area contributed by atoms with Crippen molar-refractivity contribution in [3.05, 3.63) is 41.1 Å². The number of aromatic nitrogens is 3. The highest BCUT2D eigenvalue weighted by Gasteiger charge is 2.20. The molecule has 1 aromatic heterocycles. The maximum absolute atomic E-state index is 12.7.